The van der Waals surface area contributed by atoms with E-state index >= 15 is 0 Å². The van der Waals surface area contributed by atoms with Crippen molar-refractivity contribution < 1.29 is 9.90 Å². The van der Waals surface area contributed by atoms with Crippen LogP contribution in [0.2, 0.25) is 0 Å². The van der Waals surface area contributed by atoms with Gasteiger partial charge >= 0.3 is 0 Å². The monoisotopic (exact) mass is 411 g/mol. The molecular formula is C12H15BrINO2. The van der Waals surface area contributed by atoms with Crippen LogP contribution < -0.4 is 5.32 Å². The SMILES string of the molecule is CC(C)C(O)CNC(=O)c1cc(I)ccc1Br. The molecule has 2 N–H and O–H groups in total. The Kier molecular flexibility index (Phi) is 5.88. The number of benzene rings is 1. The first kappa shape index (κ1) is 14.9. The van der Waals surface area contributed by atoms with Crippen molar-refractivity contribution in [1.29, 1.82) is 0 Å². The normalized spacial score (nSPS) is 12.6. The number of halogens is 2. The van der Waals surface area contributed by atoms with E-state index in [0.29, 0.717) is 5.56 Å². The fraction of sp³-hybridized carbons (Fsp3) is 0.417. The fourth-order valence-corrected chi connectivity index (χ4v) is 2.12. The van der Waals surface area contributed by atoms with E-state index in [-0.39, 0.29) is 18.4 Å². The van der Waals surface area contributed by atoms with Gasteiger partial charge in [0.25, 0.3) is 5.91 Å². The first-order chi connectivity index (χ1) is 7.91. The lowest BCUT2D eigenvalue weighted by molar-refractivity contribution is 0.0871. The van der Waals surface area contributed by atoms with Crippen LogP contribution in [0.5, 0.6) is 0 Å². The zero-order valence-corrected chi connectivity index (χ0v) is 13.4. The molecule has 0 heterocycles. The van der Waals surface area contributed by atoms with Crippen LogP contribution in [0.3, 0.4) is 0 Å². The zero-order chi connectivity index (χ0) is 13.0. The minimum absolute atomic E-state index is 0.134. The summed E-state index contributed by atoms with van der Waals surface area (Å²) >= 11 is 5.50. The van der Waals surface area contributed by atoms with Gasteiger partial charge in [0.05, 0.1) is 11.7 Å². The molecule has 0 saturated heterocycles. The third kappa shape index (κ3) is 4.56. The molecule has 94 valence electrons. The maximum Gasteiger partial charge on any atom is 0.252 e. The van der Waals surface area contributed by atoms with Crippen molar-refractivity contribution in [3.8, 4) is 0 Å². The summed E-state index contributed by atoms with van der Waals surface area (Å²) in [5.74, 6) is -0.0373. The maximum atomic E-state index is 11.9. The van der Waals surface area contributed by atoms with Crippen molar-refractivity contribution in [1.82, 2.24) is 5.32 Å². The highest BCUT2D eigenvalue weighted by atomic mass is 127. The Morgan fingerprint density at radius 1 is 1.53 bits per heavy atom. The highest BCUT2D eigenvalue weighted by Crippen LogP contribution is 2.19. The second-order valence-electron chi connectivity index (χ2n) is 4.15. The van der Waals surface area contributed by atoms with Crippen LogP contribution in [0.15, 0.2) is 22.7 Å². The molecule has 5 heteroatoms. The number of rotatable bonds is 4. The molecule has 0 aliphatic heterocycles. The molecule has 0 aliphatic carbocycles. The van der Waals surface area contributed by atoms with Crippen LogP contribution in [0.25, 0.3) is 0 Å². The third-order valence-electron chi connectivity index (χ3n) is 2.41. The van der Waals surface area contributed by atoms with E-state index in [2.05, 4.69) is 43.8 Å². The largest absolute Gasteiger partial charge is 0.391 e. The molecule has 0 radical (unpaired) electrons. The van der Waals surface area contributed by atoms with Gasteiger partial charge in [-0.3, -0.25) is 4.79 Å². The van der Waals surface area contributed by atoms with Gasteiger partial charge in [0, 0.05) is 14.6 Å². The van der Waals surface area contributed by atoms with Gasteiger partial charge < -0.3 is 10.4 Å². The lowest BCUT2D eigenvalue weighted by atomic mass is 10.1. The molecule has 1 aromatic carbocycles. The molecule has 0 aliphatic rings. The molecule has 1 amide bonds. The highest BCUT2D eigenvalue weighted by Gasteiger charge is 2.14. The molecule has 1 aromatic rings. The summed E-state index contributed by atoms with van der Waals surface area (Å²) in [7, 11) is 0. The Labute approximate surface area is 123 Å². The van der Waals surface area contributed by atoms with E-state index in [9.17, 15) is 9.90 Å². The molecule has 17 heavy (non-hydrogen) atoms. The average Bonchev–Trinajstić information content (AvgIpc) is 2.28. The van der Waals surface area contributed by atoms with Crippen LogP contribution in [0.1, 0.15) is 24.2 Å². The molecule has 1 atom stereocenters. The molecule has 1 rings (SSSR count). The van der Waals surface area contributed by atoms with Crippen molar-refractivity contribution in [2.24, 2.45) is 5.92 Å². The number of carbonyl (C=O) groups excluding carboxylic acids is 1. The Balaban J connectivity index is 2.67. The van der Waals surface area contributed by atoms with E-state index in [4.69, 9.17) is 0 Å². The Hall–Kier alpha value is -0.140. The highest BCUT2D eigenvalue weighted by molar-refractivity contribution is 14.1. The first-order valence-electron chi connectivity index (χ1n) is 5.33. The van der Waals surface area contributed by atoms with Crippen LogP contribution in [0, 0.1) is 9.49 Å². The van der Waals surface area contributed by atoms with Crippen molar-refractivity contribution in [3.63, 3.8) is 0 Å². The fourth-order valence-electron chi connectivity index (χ4n) is 1.20. The van der Waals surface area contributed by atoms with Gasteiger partial charge in [-0.1, -0.05) is 13.8 Å². The van der Waals surface area contributed by atoms with Crippen molar-refractivity contribution in [3.05, 3.63) is 31.8 Å². The second-order valence-corrected chi connectivity index (χ2v) is 6.25. The third-order valence-corrected chi connectivity index (χ3v) is 3.78. The summed E-state index contributed by atoms with van der Waals surface area (Å²) in [6, 6.07) is 5.57. The number of aliphatic hydroxyl groups excluding tert-OH is 1. The number of nitrogens with one attached hydrogen (secondary N) is 1. The van der Waals surface area contributed by atoms with E-state index < -0.39 is 6.10 Å². The predicted molar refractivity (Wildman–Crippen MR) is 80.0 cm³/mol. The molecule has 0 bridgehead atoms. The quantitative estimate of drug-likeness (QED) is 0.748. The lowest BCUT2D eigenvalue weighted by Gasteiger charge is -2.15. The number of hydrogen-bond donors (Lipinski definition) is 2. The van der Waals surface area contributed by atoms with Crippen LogP contribution in [-0.2, 0) is 0 Å². The van der Waals surface area contributed by atoms with Crippen LogP contribution in [0.4, 0.5) is 0 Å². The summed E-state index contributed by atoms with van der Waals surface area (Å²) < 4.78 is 1.76. The average molecular weight is 412 g/mol. The van der Waals surface area contributed by atoms with Gasteiger partial charge in [-0.05, 0) is 62.6 Å². The number of carbonyl (C=O) groups is 1. The zero-order valence-electron chi connectivity index (χ0n) is 9.71. The molecule has 3 nitrogen and oxygen atoms in total. The predicted octanol–water partition coefficient (Wildman–Crippen LogP) is 2.80. The number of aliphatic hydroxyl groups is 1. The van der Waals surface area contributed by atoms with Crippen molar-refractivity contribution in [2.75, 3.05) is 6.54 Å². The van der Waals surface area contributed by atoms with Crippen LogP contribution in [-0.4, -0.2) is 23.7 Å². The van der Waals surface area contributed by atoms with E-state index in [1.165, 1.54) is 0 Å². The molecule has 0 aromatic heterocycles. The number of amides is 1. The van der Waals surface area contributed by atoms with Gasteiger partial charge in [-0.2, -0.15) is 0 Å². The second kappa shape index (κ2) is 6.70. The molecular weight excluding hydrogens is 397 g/mol. The van der Waals surface area contributed by atoms with E-state index in [0.717, 1.165) is 8.04 Å². The first-order valence-corrected chi connectivity index (χ1v) is 7.20. The number of hydrogen-bond acceptors (Lipinski definition) is 2. The summed E-state index contributed by atoms with van der Waals surface area (Å²) in [4.78, 5) is 11.9. The van der Waals surface area contributed by atoms with E-state index in [1.807, 2.05) is 32.0 Å². The Morgan fingerprint density at radius 2 is 2.18 bits per heavy atom. The molecule has 0 fully saturated rings. The summed E-state index contributed by atoms with van der Waals surface area (Å²) in [5.41, 5.74) is 0.591. The van der Waals surface area contributed by atoms with Gasteiger partial charge in [0.15, 0.2) is 0 Å². The van der Waals surface area contributed by atoms with E-state index in [1.54, 1.807) is 0 Å². The van der Waals surface area contributed by atoms with Crippen LogP contribution >= 0.6 is 38.5 Å². The van der Waals surface area contributed by atoms with Gasteiger partial charge in [-0.25, -0.2) is 0 Å². The Morgan fingerprint density at radius 3 is 2.76 bits per heavy atom. The summed E-state index contributed by atoms with van der Waals surface area (Å²) in [6.45, 7) is 4.10. The standard InChI is InChI=1S/C12H15BrINO2/c1-7(2)11(16)6-15-12(17)9-5-8(14)3-4-10(9)13/h3-5,7,11,16H,6H2,1-2H3,(H,15,17). The maximum absolute atomic E-state index is 11.9. The smallest absolute Gasteiger partial charge is 0.252 e. The molecule has 1 unspecified atom stereocenters. The van der Waals surface area contributed by atoms with Crippen molar-refractivity contribution in [2.45, 2.75) is 20.0 Å². The topological polar surface area (TPSA) is 49.3 Å². The molecule has 0 spiro atoms. The molecule has 0 saturated carbocycles. The lowest BCUT2D eigenvalue weighted by Crippen LogP contribution is -2.34. The minimum atomic E-state index is -0.513. The van der Waals surface area contributed by atoms with Crippen molar-refractivity contribution >= 4 is 44.4 Å². The van der Waals surface area contributed by atoms with Gasteiger partial charge in [0.1, 0.15) is 0 Å². The minimum Gasteiger partial charge on any atom is -0.391 e. The Bertz CT molecular complexity index is 409. The van der Waals surface area contributed by atoms with Gasteiger partial charge in [-0.15, -0.1) is 0 Å². The summed E-state index contributed by atoms with van der Waals surface area (Å²) in [5, 5.41) is 12.3. The summed E-state index contributed by atoms with van der Waals surface area (Å²) in [6.07, 6.45) is -0.513. The van der Waals surface area contributed by atoms with Gasteiger partial charge in [0.2, 0.25) is 0 Å².